The van der Waals surface area contributed by atoms with Gasteiger partial charge in [-0.2, -0.15) is 0 Å². The van der Waals surface area contributed by atoms with Gasteiger partial charge < -0.3 is 4.57 Å². The van der Waals surface area contributed by atoms with Crippen molar-refractivity contribution in [1.29, 1.82) is 0 Å². The smallest absolute Gasteiger partial charge is 0.138 e. The van der Waals surface area contributed by atoms with Crippen LogP contribution < -0.4 is 0 Å². The zero-order valence-corrected chi connectivity index (χ0v) is 33.5. The third-order valence-electron chi connectivity index (χ3n) is 11.8. The average Bonchev–Trinajstić information content (AvgIpc) is 3.87. The summed E-state index contributed by atoms with van der Waals surface area (Å²) in [5, 5.41) is 2.14. The van der Waals surface area contributed by atoms with Crippen molar-refractivity contribution in [2.75, 3.05) is 0 Å². The topological polar surface area (TPSA) is 61.4 Å². The summed E-state index contributed by atoms with van der Waals surface area (Å²) in [6.45, 7) is 0. The van der Waals surface area contributed by atoms with Gasteiger partial charge in [0.25, 0.3) is 0 Å². The molecule has 0 saturated heterocycles. The van der Waals surface area contributed by atoms with Crippen LogP contribution in [0.15, 0.2) is 219 Å². The van der Waals surface area contributed by atoms with E-state index in [1.807, 2.05) is 42.7 Å². The van der Waals surface area contributed by atoms with Crippen LogP contribution in [0.3, 0.4) is 0 Å². The van der Waals surface area contributed by atoms with Crippen LogP contribution >= 0.6 is 0 Å². The summed E-state index contributed by atoms with van der Waals surface area (Å²) in [6, 6.07) is 72.2. The van der Waals surface area contributed by atoms with Crippen molar-refractivity contribution in [3.63, 3.8) is 0 Å². The third kappa shape index (κ3) is 6.04. The molecule has 0 aliphatic heterocycles. The number of rotatable bonds is 7. The lowest BCUT2D eigenvalue weighted by Gasteiger charge is -2.13. The molecule has 6 aromatic heterocycles. The van der Waals surface area contributed by atoms with Gasteiger partial charge in [-0.05, 0) is 95.1 Å². The lowest BCUT2D eigenvalue weighted by Crippen LogP contribution is -2.00. The molecule has 0 aliphatic carbocycles. The summed E-state index contributed by atoms with van der Waals surface area (Å²) < 4.78 is 4.58. The van der Waals surface area contributed by atoms with E-state index in [2.05, 4.69) is 185 Å². The quantitative estimate of drug-likeness (QED) is 0.161. The summed E-state index contributed by atoms with van der Waals surface area (Å²) in [4.78, 5) is 20.4. The Labute approximate surface area is 357 Å². The number of hydrogen-bond donors (Lipinski definition) is 0. The molecule has 0 radical (unpaired) electrons. The molecule has 0 fully saturated rings. The standard InChI is InChI=1S/C56H36N6/c1-5-15-37(16-6-1)43-33-47(38-17-7-2-8-18-38)60-54(34-43)62-51-28-26-42(32-46(51)56-53(62)24-14-30-58-56)41-25-27-50-45(31-41)55-52(23-13-29-57-55)61(50)44-35-48(39-19-9-3-10-20-39)59-49(36-44)40-21-11-4-12-22-40/h1-36H. The van der Waals surface area contributed by atoms with E-state index in [1.54, 1.807) is 0 Å². The van der Waals surface area contributed by atoms with Crippen LogP contribution in [0.5, 0.6) is 0 Å². The fourth-order valence-corrected chi connectivity index (χ4v) is 8.90. The van der Waals surface area contributed by atoms with E-state index in [9.17, 15) is 0 Å². The van der Waals surface area contributed by atoms with Gasteiger partial charge in [0.15, 0.2) is 0 Å². The van der Waals surface area contributed by atoms with Crippen molar-refractivity contribution in [2.24, 2.45) is 0 Å². The van der Waals surface area contributed by atoms with Crippen molar-refractivity contribution < 1.29 is 0 Å². The van der Waals surface area contributed by atoms with Crippen LogP contribution in [0.25, 0.3) is 111 Å². The maximum absolute atomic E-state index is 5.31. The maximum atomic E-state index is 5.31. The van der Waals surface area contributed by atoms with Gasteiger partial charge >= 0.3 is 0 Å². The number of benzene rings is 6. The third-order valence-corrected chi connectivity index (χ3v) is 11.8. The van der Waals surface area contributed by atoms with Crippen LogP contribution in [-0.2, 0) is 0 Å². The Bertz CT molecular complexity index is 3260. The van der Waals surface area contributed by atoms with Gasteiger partial charge in [0, 0.05) is 39.9 Å². The second-order valence-corrected chi connectivity index (χ2v) is 15.5. The predicted octanol–water partition coefficient (Wildman–Crippen LogP) is 13.8. The lowest BCUT2D eigenvalue weighted by molar-refractivity contribution is 1.08. The molecule has 12 rings (SSSR count). The maximum Gasteiger partial charge on any atom is 0.138 e. The molecular weight excluding hydrogens is 757 g/mol. The SMILES string of the molecule is c1ccc(-c2cc(-c3ccccc3)nc(-n3c4ccc(-c5ccc6c(c5)c5ncccc5n6-c5cc(-c6ccccc6)nc(-c6ccccc6)c5)cc4c4ncccc43)c2)cc1. The summed E-state index contributed by atoms with van der Waals surface area (Å²) in [5.74, 6) is 0.841. The highest BCUT2D eigenvalue weighted by Gasteiger charge is 2.20. The molecule has 6 heteroatoms. The van der Waals surface area contributed by atoms with Gasteiger partial charge in [-0.3, -0.25) is 14.5 Å². The first-order valence-electron chi connectivity index (χ1n) is 20.8. The zero-order chi connectivity index (χ0) is 41.0. The molecular formula is C56H36N6. The highest BCUT2D eigenvalue weighted by atomic mass is 15.1. The summed E-state index contributed by atoms with van der Waals surface area (Å²) in [6.07, 6.45) is 3.76. The minimum Gasteiger partial charge on any atom is -0.307 e. The van der Waals surface area contributed by atoms with Crippen LogP contribution in [0.2, 0.25) is 0 Å². The van der Waals surface area contributed by atoms with E-state index < -0.39 is 0 Å². The number of aromatic nitrogens is 6. The molecule has 62 heavy (non-hydrogen) atoms. The van der Waals surface area contributed by atoms with Gasteiger partial charge in [-0.15, -0.1) is 0 Å². The van der Waals surface area contributed by atoms with E-state index in [4.69, 9.17) is 19.9 Å². The fraction of sp³-hybridized carbons (Fsp3) is 0. The van der Waals surface area contributed by atoms with Crippen LogP contribution in [0, 0.1) is 0 Å². The molecule has 6 heterocycles. The molecule has 0 saturated carbocycles. The molecule has 0 N–H and O–H groups in total. The molecule has 0 amide bonds. The summed E-state index contributed by atoms with van der Waals surface area (Å²) in [7, 11) is 0. The Balaban J connectivity index is 1.02. The Kier molecular flexibility index (Phi) is 8.38. The van der Waals surface area contributed by atoms with Gasteiger partial charge in [0.2, 0.25) is 0 Å². The first kappa shape index (κ1) is 35.5. The Morgan fingerprint density at radius 2 is 0.742 bits per heavy atom. The van der Waals surface area contributed by atoms with Crippen LogP contribution in [0.1, 0.15) is 0 Å². The predicted molar refractivity (Wildman–Crippen MR) is 253 cm³/mol. The van der Waals surface area contributed by atoms with Gasteiger partial charge in [0.1, 0.15) is 5.82 Å². The minimum atomic E-state index is 0.841. The average molecular weight is 793 g/mol. The first-order valence-corrected chi connectivity index (χ1v) is 20.8. The van der Waals surface area contributed by atoms with Crippen molar-refractivity contribution in [3.8, 4) is 67.5 Å². The van der Waals surface area contributed by atoms with Gasteiger partial charge in [-0.25, -0.2) is 9.97 Å². The molecule has 0 spiro atoms. The number of fused-ring (bicyclic) bond motifs is 6. The van der Waals surface area contributed by atoms with Crippen molar-refractivity contribution in [3.05, 3.63) is 219 Å². The lowest BCUT2D eigenvalue weighted by atomic mass is 10.0. The molecule has 0 unspecified atom stereocenters. The molecule has 12 aromatic rings. The molecule has 0 bridgehead atoms. The summed E-state index contributed by atoms with van der Waals surface area (Å²) in [5.41, 5.74) is 17.4. The largest absolute Gasteiger partial charge is 0.307 e. The van der Waals surface area contributed by atoms with E-state index in [-0.39, 0.29) is 0 Å². The van der Waals surface area contributed by atoms with Gasteiger partial charge in [-0.1, -0.05) is 133 Å². The summed E-state index contributed by atoms with van der Waals surface area (Å²) >= 11 is 0. The normalized spacial score (nSPS) is 11.5. The van der Waals surface area contributed by atoms with Crippen LogP contribution in [0.4, 0.5) is 0 Å². The Hall–Kier alpha value is -8.48. The van der Waals surface area contributed by atoms with E-state index in [1.165, 1.54) is 0 Å². The van der Waals surface area contributed by atoms with Crippen LogP contribution in [-0.4, -0.2) is 29.1 Å². The number of nitrogens with zero attached hydrogens (tertiary/aromatic N) is 6. The Morgan fingerprint density at radius 1 is 0.290 bits per heavy atom. The highest BCUT2D eigenvalue weighted by molar-refractivity contribution is 6.10. The zero-order valence-electron chi connectivity index (χ0n) is 33.5. The van der Waals surface area contributed by atoms with Gasteiger partial charge in [0.05, 0.1) is 55.9 Å². The monoisotopic (exact) mass is 792 g/mol. The fourth-order valence-electron chi connectivity index (χ4n) is 8.90. The van der Waals surface area contributed by atoms with E-state index in [0.29, 0.717) is 0 Å². The molecule has 0 aliphatic rings. The van der Waals surface area contributed by atoms with E-state index >= 15 is 0 Å². The first-order chi connectivity index (χ1) is 30.7. The second kappa shape index (κ2) is 14.7. The highest BCUT2D eigenvalue weighted by Crippen LogP contribution is 2.39. The van der Waals surface area contributed by atoms with Crippen molar-refractivity contribution in [2.45, 2.75) is 0 Å². The molecule has 6 aromatic carbocycles. The number of pyridine rings is 4. The number of hydrogen-bond acceptors (Lipinski definition) is 4. The van der Waals surface area contributed by atoms with E-state index in [0.717, 1.165) is 111 Å². The molecule has 0 atom stereocenters. The molecule has 290 valence electrons. The minimum absolute atomic E-state index is 0.841. The van der Waals surface area contributed by atoms with Crippen molar-refractivity contribution in [1.82, 2.24) is 29.1 Å². The molecule has 6 nitrogen and oxygen atoms in total. The van der Waals surface area contributed by atoms with Crippen molar-refractivity contribution >= 4 is 43.9 Å². The Morgan fingerprint density at radius 3 is 1.26 bits per heavy atom. The second-order valence-electron chi connectivity index (χ2n) is 15.5.